The van der Waals surface area contributed by atoms with E-state index in [9.17, 15) is 34.5 Å². The van der Waals surface area contributed by atoms with E-state index in [0.717, 1.165) is 0 Å². The number of ether oxygens (including phenoxy) is 7. The second-order valence-electron chi connectivity index (χ2n) is 17.4. The van der Waals surface area contributed by atoms with Crippen LogP contribution in [0.5, 0.6) is 0 Å². The number of ketones is 1. The maximum absolute atomic E-state index is 14.2. The van der Waals surface area contributed by atoms with Crippen molar-refractivity contribution in [2.75, 3.05) is 14.1 Å². The molecule has 15 heteroatoms. The van der Waals surface area contributed by atoms with Crippen molar-refractivity contribution in [1.29, 1.82) is 0 Å². The van der Waals surface area contributed by atoms with Crippen molar-refractivity contribution in [3.8, 4) is 0 Å². The molecule has 3 rings (SSSR count). The smallest absolute Gasteiger partial charge is 0.311 e. The average molecular weight is 802 g/mol. The van der Waals surface area contributed by atoms with Crippen LogP contribution in [0.4, 0.5) is 0 Å². The molecule has 3 heterocycles. The maximum atomic E-state index is 14.2. The topological polar surface area (TPSA) is 197 Å². The Kier molecular flexibility index (Phi) is 16.9. The van der Waals surface area contributed by atoms with Crippen molar-refractivity contribution in [3.63, 3.8) is 0 Å². The molecule has 0 saturated carbocycles. The summed E-state index contributed by atoms with van der Waals surface area (Å²) >= 11 is 0. The number of rotatable bonds is 9. The molecule has 18 atom stereocenters. The van der Waals surface area contributed by atoms with Crippen LogP contribution in [-0.4, -0.2) is 137 Å². The van der Waals surface area contributed by atoms with Crippen LogP contribution >= 0.6 is 0 Å². The van der Waals surface area contributed by atoms with Crippen LogP contribution < -0.4 is 0 Å². The van der Waals surface area contributed by atoms with Crippen LogP contribution in [0, 0.1) is 29.6 Å². The molecule has 0 aromatic rings. The number of Topliss-reactive ketones (excluding diaryl/α,β-unsaturated/α-hetero) is 1. The zero-order valence-corrected chi connectivity index (χ0v) is 36.1. The number of aliphatic hydroxyl groups is 3. The fourth-order valence-corrected chi connectivity index (χ4v) is 9.02. The molecule has 3 aliphatic heterocycles. The normalized spacial score (nSPS) is 44.8. The summed E-state index contributed by atoms with van der Waals surface area (Å²) in [5.74, 6) is -6.16. The second kappa shape index (κ2) is 19.7. The Morgan fingerprint density at radius 3 is 2.05 bits per heavy atom. The van der Waals surface area contributed by atoms with Crippen LogP contribution in [0.3, 0.4) is 0 Å². The minimum atomic E-state index is -1.80. The number of aliphatic hydroxyl groups excluding tert-OH is 2. The Labute approximate surface area is 333 Å². The number of esters is 3. The molecule has 324 valence electrons. The van der Waals surface area contributed by atoms with Crippen LogP contribution in [0.25, 0.3) is 0 Å². The number of carbonyl (C=O) groups is 4. The first-order valence-electron chi connectivity index (χ1n) is 20.4. The highest BCUT2D eigenvalue weighted by Crippen LogP contribution is 2.41. The number of hydrogen-bond donors (Lipinski definition) is 3. The second-order valence-corrected chi connectivity index (χ2v) is 17.4. The van der Waals surface area contributed by atoms with Crippen molar-refractivity contribution in [1.82, 2.24) is 4.90 Å². The lowest BCUT2D eigenvalue weighted by atomic mass is 9.74. The van der Waals surface area contributed by atoms with Crippen molar-refractivity contribution in [2.45, 2.75) is 194 Å². The highest BCUT2D eigenvalue weighted by molar-refractivity contribution is 5.83. The first kappa shape index (κ1) is 48.1. The summed E-state index contributed by atoms with van der Waals surface area (Å²) in [4.78, 5) is 54.8. The predicted octanol–water partition coefficient (Wildman–Crippen LogP) is 3.55. The fourth-order valence-electron chi connectivity index (χ4n) is 9.02. The van der Waals surface area contributed by atoms with E-state index in [0.29, 0.717) is 12.8 Å². The van der Waals surface area contributed by atoms with Crippen LogP contribution in [0.2, 0.25) is 0 Å². The van der Waals surface area contributed by atoms with E-state index in [1.54, 1.807) is 55.4 Å². The molecule has 0 radical (unpaired) electrons. The molecule has 56 heavy (non-hydrogen) atoms. The molecule has 0 aliphatic carbocycles. The monoisotopic (exact) mass is 801 g/mol. The number of carbonyl (C=O) groups excluding carboxylic acids is 4. The van der Waals surface area contributed by atoms with Gasteiger partial charge in [-0.15, -0.1) is 0 Å². The van der Waals surface area contributed by atoms with Gasteiger partial charge in [0.25, 0.3) is 0 Å². The lowest BCUT2D eigenvalue weighted by Gasteiger charge is -2.49. The molecular formula is C41H71NO14. The van der Waals surface area contributed by atoms with E-state index < -0.39 is 114 Å². The van der Waals surface area contributed by atoms with Crippen molar-refractivity contribution < 1.29 is 67.7 Å². The summed E-state index contributed by atoms with van der Waals surface area (Å²) in [7, 11) is 3.69. The molecule has 0 spiro atoms. The summed E-state index contributed by atoms with van der Waals surface area (Å²) in [5, 5.41) is 35.4. The lowest BCUT2D eigenvalue weighted by molar-refractivity contribution is -0.317. The summed E-state index contributed by atoms with van der Waals surface area (Å²) in [6, 6.07) is -0.342. The Balaban J connectivity index is 2.19. The molecular weight excluding hydrogens is 730 g/mol. The summed E-state index contributed by atoms with van der Waals surface area (Å²) in [6.07, 6.45) is -9.06. The summed E-state index contributed by atoms with van der Waals surface area (Å²) in [5.41, 5.74) is -3.19. The van der Waals surface area contributed by atoms with Gasteiger partial charge in [-0.1, -0.05) is 41.5 Å². The fraction of sp³-hybridized carbons (Fsp3) is 0.902. The lowest BCUT2D eigenvalue weighted by Crippen LogP contribution is -2.61. The molecule has 3 fully saturated rings. The van der Waals surface area contributed by atoms with Gasteiger partial charge in [-0.05, 0) is 68.0 Å². The molecule has 0 aromatic heterocycles. The van der Waals surface area contributed by atoms with Gasteiger partial charge in [0.2, 0.25) is 0 Å². The standard InChI is InChI=1S/C41H71NO14/c1-15-29-22(5)33(46)23(6)32(45)20(3)18-40(11,49)36(55-39-34(47)28(42(13)14)17-21(4)50-39)24(7)35(25(8)38(48)52-29)54-31-19-41(12,56-27(10)43)37(26(9)51-31)53-30(44)16-2/h20-26,28-29,31,33-37,39,46-47,49H,15-19H2,1-14H3/t20-,21-,22+,23+,24+,25-,26+,28+,29?,31+,33+,34-,35?,36-,37+,39+,40-,41-/m1/s1. The van der Waals surface area contributed by atoms with E-state index in [-0.39, 0.29) is 37.2 Å². The van der Waals surface area contributed by atoms with Gasteiger partial charge >= 0.3 is 17.9 Å². The zero-order valence-electron chi connectivity index (χ0n) is 36.1. The third-order valence-corrected chi connectivity index (χ3v) is 12.2. The van der Waals surface area contributed by atoms with Crippen molar-refractivity contribution >= 4 is 23.7 Å². The Morgan fingerprint density at radius 2 is 1.50 bits per heavy atom. The first-order valence-corrected chi connectivity index (χ1v) is 20.4. The number of cyclic esters (lactones) is 1. The quantitative estimate of drug-likeness (QED) is 0.226. The molecule has 0 bridgehead atoms. The van der Waals surface area contributed by atoms with Crippen molar-refractivity contribution in [3.05, 3.63) is 0 Å². The Hall–Kier alpha value is -2.24. The van der Waals surface area contributed by atoms with Gasteiger partial charge in [-0.2, -0.15) is 0 Å². The molecule has 15 nitrogen and oxygen atoms in total. The minimum absolute atomic E-state index is 0.0881. The van der Waals surface area contributed by atoms with E-state index in [4.69, 9.17) is 33.2 Å². The molecule has 0 aromatic carbocycles. The van der Waals surface area contributed by atoms with E-state index in [1.165, 1.54) is 13.8 Å². The van der Waals surface area contributed by atoms with Gasteiger partial charge in [0, 0.05) is 49.5 Å². The van der Waals surface area contributed by atoms with Gasteiger partial charge in [0.05, 0.1) is 42.0 Å². The van der Waals surface area contributed by atoms with E-state index in [1.807, 2.05) is 32.8 Å². The third kappa shape index (κ3) is 11.3. The molecule has 3 aliphatic rings. The Bertz CT molecular complexity index is 1340. The average Bonchev–Trinajstić information content (AvgIpc) is 3.11. The highest BCUT2D eigenvalue weighted by atomic mass is 16.7. The van der Waals surface area contributed by atoms with E-state index >= 15 is 0 Å². The SMILES string of the molecule is CCC(=O)O[C@H]1[C@H](C)O[C@@H](OC2[C@@H](C)C(=O)OC(CC)[C@H](C)[C@H](O)[C@@H](C)C(=O)[C@H](C)C[C@@](C)(O)[C@H](O[C@@H]3O[C@H](C)C[C@H](N(C)C)[C@H]3O)[C@H]2C)C[C@@]1(C)OC(C)=O. The molecule has 0 amide bonds. The number of likely N-dealkylation sites (N-methyl/N-ethyl adjacent to an activating group) is 1. The third-order valence-electron chi connectivity index (χ3n) is 12.2. The van der Waals surface area contributed by atoms with Crippen molar-refractivity contribution in [2.24, 2.45) is 29.6 Å². The zero-order chi connectivity index (χ0) is 42.6. The number of nitrogens with zero attached hydrogens (tertiary/aromatic N) is 1. The van der Waals surface area contributed by atoms with Gasteiger partial charge in [0.1, 0.15) is 18.0 Å². The van der Waals surface area contributed by atoms with Gasteiger partial charge < -0.3 is 53.4 Å². The largest absolute Gasteiger partial charge is 0.462 e. The van der Waals surface area contributed by atoms with Gasteiger partial charge in [-0.3, -0.25) is 19.2 Å². The summed E-state index contributed by atoms with van der Waals surface area (Å²) in [6.45, 7) is 19.8. The van der Waals surface area contributed by atoms with Crippen LogP contribution in [0.1, 0.15) is 115 Å². The maximum Gasteiger partial charge on any atom is 0.311 e. The van der Waals surface area contributed by atoms with Crippen LogP contribution in [-0.2, 0) is 52.3 Å². The number of hydrogen-bond acceptors (Lipinski definition) is 15. The molecule has 2 unspecified atom stereocenters. The van der Waals surface area contributed by atoms with Gasteiger partial charge in [-0.25, -0.2) is 0 Å². The summed E-state index contributed by atoms with van der Waals surface area (Å²) < 4.78 is 43.4. The van der Waals surface area contributed by atoms with Gasteiger partial charge in [0.15, 0.2) is 24.3 Å². The molecule has 3 saturated heterocycles. The Morgan fingerprint density at radius 1 is 0.875 bits per heavy atom. The van der Waals surface area contributed by atoms with E-state index in [2.05, 4.69) is 0 Å². The minimum Gasteiger partial charge on any atom is -0.462 e. The first-order chi connectivity index (χ1) is 25.9. The highest BCUT2D eigenvalue weighted by Gasteiger charge is 2.54. The predicted molar refractivity (Wildman–Crippen MR) is 204 cm³/mol. The van der Waals surface area contributed by atoms with Crippen LogP contribution in [0.15, 0.2) is 0 Å². The molecule has 3 N–H and O–H groups in total.